The molecule has 1 aromatic heterocycles. The average Bonchev–Trinajstić information content (AvgIpc) is 1.88. The van der Waals surface area contributed by atoms with Gasteiger partial charge in [-0.1, -0.05) is 0 Å². The molecule has 1 aromatic rings. The fourth-order valence-corrected chi connectivity index (χ4v) is 0.776. The third kappa shape index (κ3) is 1.18. The van der Waals surface area contributed by atoms with Crippen molar-refractivity contribution in [3.05, 3.63) is 23.8 Å². The topological polar surface area (TPSA) is 49.6 Å². The first kappa shape index (κ1) is 6.86. The van der Waals surface area contributed by atoms with E-state index in [-0.39, 0.29) is 0 Å². The molecule has 0 bridgehead atoms. The quantitative estimate of drug-likeness (QED) is 0.587. The van der Waals surface area contributed by atoms with Crippen molar-refractivity contribution in [1.82, 2.24) is 9.97 Å². The van der Waals surface area contributed by atoms with Crippen LogP contribution in [0.3, 0.4) is 0 Å². The number of nitrogens with one attached hydrogen (secondary N) is 1. The van der Waals surface area contributed by atoms with E-state index < -0.39 is 0 Å². The molecule has 0 aliphatic carbocycles. The summed E-state index contributed by atoms with van der Waals surface area (Å²) in [5, 5.41) is 7.27. The zero-order chi connectivity index (χ0) is 7.56. The van der Waals surface area contributed by atoms with Crippen molar-refractivity contribution in [2.75, 3.05) is 0 Å². The smallest absolute Gasteiger partial charge is 0.105 e. The summed E-state index contributed by atoms with van der Waals surface area (Å²) in [6.07, 6.45) is 3.22. The first-order chi connectivity index (χ1) is 4.72. The van der Waals surface area contributed by atoms with Gasteiger partial charge in [-0.2, -0.15) is 0 Å². The van der Waals surface area contributed by atoms with Crippen LogP contribution in [0.4, 0.5) is 0 Å². The van der Waals surface area contributed by atoms with Crippen LogP contribution in [-0.2, 0) is 0 Å². The van der Waals surface area contributed by atoms with Gasteiger partial charge in [-0.15, -0.1) is 0 Å². The van der Waals surface area contributed by atoms with E-state index in [1.165, 1.54) is 0 Å². The van der Waals surface area contributed by atoms with E-state index in [9.17, 15) is 0 Å². The van der Waals surface area contributed by atoms with E-state index in [4.69, 9.17) is 5.41 Å². The largest absolute Gasteiger partial charge is 0.303 e. The monoisotopic (exact) mass is 135 g/mol. The Bertz CT molecular complexity index is 255. The van der Waals surface area contributed by atoms with Gasteiger partial charge in [-0.3, -0.25) is 9.97 Å². The van der Waals surface area contributed by atoms with E-state index in [1.54, 1.807) is 19.3 Å². The van der Waals surface area contributed by atoms with Crippen molar-refractivity contribution in [2.45, 2.75) is 13.8 Å². The number of aryl methyl sites for hydroxylation is 1. The maximum atomic E-state index is 7.27. The van der Waals surface area contributed by atoms with E-state index in [1.807, 2.05) is 6.92 Å². The highest BCUT2D eigenvalue weighted by Crippen LogP contribution is 1.98. The van der Waals surface area contributed by atoms with Crippen LogP contribution < -0.4 is 0 Å². The summed E-state index contributed by atoms with van der Waals surface area (Å²) in [7, 11) is 0. The van der Waals surface area contributed by atoms with Crippen molar-refractivity contribution in [1.29, 1.82) is 5.41 Å². The third-order valence-corrected chi connectivity index (χ3v) is 1.24. The standard InChI is InChI=1S/C7H9N3/c1-5(8)7-6(2)9-3-4-10-7/h3-4,8H,1-2H3. The highest BCUT2D eigenvalue weighted by Gasteiger charge is 1.99. The van der Waals surface area contributed by atoms with Crippen molar-refractivity contribution in [2.24, 2.45) is 0 Å². The summed E-state index contributed by atoms with van der Waals surface area (Å²) in [5.74, 6) is 0. The number of hydrogen-bond acceptors (Lipinski definition) is 3. The summed E-state index contributed by atoms with van der Waals surface area (Å²) in [6.45, 7) is 3.55. The summed E-state index contributed by atoms with van der Waals surface area (Å²) in [5.41, 5.74) is 1.96. The molecule has 0 radical (unpaired) electrons. The lowest BCUT2D eigenvalue weighted by atomic mass is 10.2. The molecule has 0 aliphatic rings. The molecule has 3 heteroatoms. The van der Waals surface area contributed by atoms with Crippen LogP contribution in [0.2, 0.25) is 0 Å². The molecular weight excluding hydrogens is 126 g/mol. The Hall–Kier alpha value is -1.25. The lowest BCUT2D eigenvalue weighted by molar-refractivity contribution is 1.09. The van der Waals surface area contributed by atoms with Gasteiger partial charge in [0.05, 0.1) is 11.4 Å². The van der Waals surface area contributed by atoms with Crippen molar-refractivity contribution >= 4 is 5.71 Å². The fraction of sp³-hybridized carbons (Fsp3) is 0.286. The molecule has 0 aromatic carbocycles. The Balaban J connectivity index is 3.15. The Morgan fingerprint density at radius 3 is 2.40 bits per heavy atom. The second kappa shape index (κ2) is 2.56. The number of hydrogen-bond donors (Lipinski definition) is 1. The second-order valence-corrected chi connectivity index (χ2v) is 2.12. The molecular formula is C7H9N3. The molecule has 10 heavy (non-hydrogen) atoms. The Morgan fingerprint density at radius 1 is 1.40 bits per heavy atom. The predicted octanol–water partition coefficient (Wildman–Crippen LogP) is 1.17. The van der Waals surface area contributed by atoms with Gasteiger partial charge in [0.2, 0.25) is 0 Å². The average molecular weight is 135 g/mol. The Kier molecular flexibility index (Phi) is 1.76. The zero-order valence-electron chi connectivity index (χ0n) is 6.05. The third-order valence-electron chi connectivity index (χ3n) is 1.24. The van der Waals surface area contributed by atoms with E-state index >= 15 is 0 Å². The number of rotatable bonds is 1. The molecule has 1 heterocycles. The van der Waals surface area contributed by atoms with E-state index in [0.29, 0.717) is 11.4 Å². The highest BCUT2D eigenvalue weighted by atomic mass is 14.8. The van der Waals surface area contributed by atoms with E-state index in [2.05, 4.69) is 9.97 Å². The maximum absolute atomic E-state index is 7.27. The van der Waals surface area contributed by atoms with Crippen LogP contribution in [0, 0.1) is 12.3 Å². The molecule has 0 atom stereocenters. The second-order valence-electron chi connectivity index (χ2n) is 2.12. The molecule has 0 fully saturated rings. The van der Waals surface area contributed by atoms with Crippen molar-refractivity contribution in [3.8, 4) is 0 Å². The van der Waals surface area contributed by atoms with Gasteiger partial charge in [-0.05, 0) is 13.8 Å². The van der Waals surface area contributed by atoms with Crippen LogP contribution in [0.1, 0.15) is 18.3 Å². The van der Waals surface area contributed by atoms with Crippen LogP contribution in [0.5, 0.6) is 0 Å². The SMILES string of the molecule is CC(=N)c1nccnc1C. The Morgan fingerprint density at radius 2 is 2.00 bits per heavy atom. The first-order valence-electron chi connectivity index (χ1n) is 3.05. The zero-order valence-corrected chi connectivity index (χ0v) is 6.05. The minimum absolute atomic E-state index is 0.464. The van der Waals surface area contributed by atoms with Gasteiger partial charge in [0.1, 0.15) is 5.69 Å². The molecule has 0 saturated carbocycles. The maximum Gasteiger partial charge on any atom is 0.105 e. The Labute approximate surface area is 59.7 Å². The lowest BCUT2D eigenvalue weighted by Crippen LogP contribution is -2.00. The van der Waals surface area contributed by atoms with Gasteiger partial charge in [0.15, 0.2) is 0 Å². The lowest BCUT2D eigenvalue weighted by Gasteiger charge is -1.98. The van der Waals surface area contributed by atoms with Gasteiger partial charge in [0, 0.05) is 12.4 Å². The summed E-state index contributed by atoms with van der Waals surface area (Å²) < 4.78 is 0. The first-order valence-corrected chi connectivity index (χ1v) is 3.05. The molecule has 1 N–H and O–H groups in total. The van der Waals surface area contributed by atoms with Gasteiger partial charge < -0.3 is 5.41 Å². The van der Waals surface area contributed by atoms with Crippen LogP contribution >= 0.6 is 0 Å². The summed E-state index contributed by atoms with van der Waals surface area (Å²) >= 11 is 0. The minimum Gasteiger partial charge on any atom is -0.303 e. The molecule has 0 aliphatic heterocycles. The van der Waals surface area contributed by atoms with Crippen molar-refractivity contribution in [3.63, 3.8) is 0 Å². The van der Waals surface area contributed by atoms with Crippen molar-refractivity contribution < 1.29 is 0 Å². The van der Waals surface area contributed by atoms with Crippen LogP contribution in [0.15, 0.2) is 12.4 Å². The minimum atomic E-state index is 0.464. The van der Waals surface area contributed by atoms with Gasteiger partial charge in [-0.25, -0.2) is 0 Å². The number of aromatic nitrogens is 2. The predicted molar refractivity (Wildman–Crippen MR) is 39.3 cm³/mol. The molecule has 1 rings (SSSR count). The van der Waals surface area contributed by atoms with E-state index in [0.717, 1.165) is 5.69 Å². The highest BCUT2D eigenvalue weighted by molar-refractivity contribution is 5.95. The molecule has 0 amide bonds. The summed E-state index contributed by atoms with van der Waals surface area (Å²) in [4.78, 5) is 7.99. The summed E-state index contributed by atoms with van der Waals surface area (Å²) in [6, 6.07) is 0. The molecule has 0 saturated heterocycles. The van der Waals surface area contributed by atoms with Gasteiger partial charge >= 0.3 is 0 Å². The molecule has 0 spiro atoms. The molecule has 3 nitrogen and oxygen atoms in total. The van der Waals surface area contributed by atoms with Gasteiger partial charge in [0.25, 0.3) is 0 Å². The van der Waals surface area contributed by atoms with Crippen LogP contribution in [-0.4, -0.2) is 15.7 Å². The normalized spacial score (nSPS) is 9.40. The molecule has 0 unspecified atom stereocenters. The number of nitrogens with zero attached hydrogens (tertiary/aromatic N) is 2. The fourth-order valence-electron chi connectivity index (χ4n) is 0.776. The molecule has 52 valence electrons. The van der Waals surface area contributed by atoms with Crippen LogP contribution in [0.25, 0.3) is 0 Å².